The number of para-hydroxylation sites is 1. The van der Waals surface area contributed by atoms with Gasteiger partial charge in [0.05, 0.1) is 5.57 Å². The maximum absolute atomic E-state index is 12.1. The SMILES string of the molecule is O=C(O[C@@H]1CCCCC1=O)C1=Cc2ccccc2OC1. The number of carbonyl (C=O) groups is 2. The van der Waals surface area contributed by atoms with E-state index in [1.807, 2.05) is 24.3 Å². The molecule has 0 bridgehead atoms. The number of carbonyl (C=O) groups excluding carboxylic acids is 2. The normalized spacial score (nSPS) is 21.5. The topological polar surface area (TPSA) is 52.6 Å². The van der Waals surface area contributed by atoms with Gasteiger partial charge < -0.3 is 9.47 Å². The minimum atomic E-state index is -0.575. The average Bonchev–Trinajstić information content (AvgIpc) is 2.49. The highest BCUT2D eigenvalue weighted by Gasteiger charge is 2.28. The monoisotopic (exact) mass is 272 g/mol. The van der Waals surface area contributed by atoms with E-state index < -0.39 is 12.1 Å². The average molecular weight is 272 g/mol. The fourth-order valence-corrected chi connectivity index (χ4v) is 2.51. The maximum Gasteiger partial charge on any atom is 0.338 e. The molecule has 0 spiro atoms. The standard InChI is InChI=1S/C16H16O4/c17-13-6-2-4-8-15(13)20-16(18)12-9-11-5-1-3-7-14(11)19-10-12/h1,3,5,7,9,15H,2,4,6,8,10H2/t15-/m1/s1. The summed E-state index contributed by atoms with van der Waals surface area (Å²) >= 11 is 0. The van der Waals surface area contributed by atoms with Crippen LogP contribution >= 0.6 is 0 Å². The minimum absolute atomic E-state index is 0.0299. The van der Waals surface area contributed by atoms with Gasteiger partial charge in [-0.2, -0.15) is 0 Å². The summed E-state index contributed by atoms with van der Waals surface area (Å²) in [5.74, 6) is 0.347. The molecule has 1 saturated carbocycles. The summed E-state index contributed by atoms with van der Waals surface area (Å²) < 4.78 is 10.8. The van der Waals surface area contributed by atoms with Gasteiger partial charge >= 0.3 is 5.97 Å². The highest BCUT2D eigenvalue weighted by molar-refractivity contribution is 5.97. The molecule has 4 nitrogen and oxygen atoms in total. The van der Waals surface area contributed by atoms with Gasteiger partial charge in [-0.1, -0.05) is 18.2 Å². The van der Waals surface area contributed by atoms with Gasteiger partial charge in [0.1, 0.15) is 12.4 Å². The fraction of sp³-hybridized carbons (Fsp3) is 0.375. The third-order valence-electron chi connectivity index (χ3n) is 3.64. The molecule has 0 radical (unpaired) electrons. The Morgan fingerprint density at radius 1 is 1.25 bits per heavy atom. The molecule has 0 N–H and O–H groups in total. The Kier molecular flexibility index (Phi) is 3.54. The van der Waals surface area contributed by atoms with Crippen LogP contribution in [0.3, 0.4) is 0 Å². The van der Waals surface area contributed by atoms with Crippen LogP contribution < -0.4 is 4.74 Å². The Bertz CT molecular complexity index is 574. The molecule has 0 aromatic heterocycles. The van der Waals surface area contributed by atoms with E-state index in [9.17, 15) is 9.59 Å². The van der Waals surface area contributed by atoms with Crippen LogP contribution in [0.2, 0.25) is 0 Å². The van der Waals surface area contributed by atoms with Crippen molar-refractivity contribution in [3.05, 3.63) is 35.4 Å². The summed E-state index contributed by atoms with van der Waals surface area (Å²) in [6.07, 6.45) is 4.17. The summed E-state index contributed by atoms with van der Waals surface area (Å²) in [4.78, 5) is 23.8. The fourth-order valence-electron chi connectivity index (χ4n) is 2.51. The van der Waals surface area contributed by atoms with E-state index in [-0.39, 0.29) is 12.4 Å². The lowest BCUT2D eigenvalue weighted by molar-refractivity contribution is -0.153. The molecule has 1 heterocycles. The lowest BCUT2D eigenvalue weighted by atomic mass is 9.96. The maximum atomic E-state index is 12.1. The number of hydrogen-bond acceptors (Lipinski definition) is 4. The molecule has 1 fully saturated rings. The molecule has 0 amide bonds. The second kappa shape index (κ2) is 5.49. The van der Waals surface area contributed by atoms with Gasteiger partial charge in [-0.05, 0) is 31.4 Å². The zero-order valence-corrected chi connectivity index (χ0v) is 11.1. The molecule has 1 aliphatic heterocycles. The zero-order valence-electron chi connectivity index (χ0n) is 11.1. The van der Waals surface area contributed by atoms with Crippen molar-refractivity contribution in [1.29, 1.82) is 0 Å². The summed E-state index contributed by atoms with van der Waals surface area (Å²) in [6, 6.07) is 7.51. The Morgan fingerprint density at radius 2 is 2.10 bits per heavy atom. The van der Waals surface area contributed by atoms with Gasteiger partial charge in [0.2, 0.25) is 0 Å². The number of Topliss-reactive ketones (excluding diaryl/α,β-unsaturated/α-hetero) is 1. The smallest absolute Gasteiger partial charge is 0.338 e. The van der Waals surface area contributed by atoms with Crippen LogP contribution in [0, 0.1) is 0 Å². The molecule has 0 saturated heterocycles. The first-order chi connectivity index (χ1) is 9.74. The lowest BCUT2D eigenvalue weighted by Crippen LogP contribution is -2.31. The van der Waals surface area contributed by atoms with Crippen molar-refractivity contribution < 1.29 is 19.1 Å². The van der Waals surface area contributed by atoms with Crippen molar-refractivity contribution >= 4 is 17.8 Å². The van der Waals surface area contributed by atoms with Crippen molar-refractivity contribution in [3.63, 3.8) is 0 Å². The van der Waals surface area contributed by atoms with Crippen LogP contribution in [0.5, 0.6) is 5.75 Å². The second-order valence-corrected chi connectivity index (χ2v) is 5.10. The number of ketones is 1. The zero-order chi connectivity index (χ0) is 13.9. The molecular formula is C16H16O4. The van der Waals surface area contributed by atoms with Crippen LogP contribution in [0.1, 0.15) is 31.2 Å². The third kappa shape index (κ3) is 2.59. The molecule has 1 aromatic rings. The molecule has 104 valence electrons. The van der Waals surface area contributed by atoms with Crippen molar-refractivity contribution in [3.8, 4) is 5.75 Å². The van der Waals surface area contributed by atoms with Crippen LogP contribution in [0.25, 0.3) is 6.08 Å². The van der Waals surface area contributed by atoms with Gasteiger partial charge in [0.15, 0.2) is 11.9 Å². The lowest BCUT2D eigenvalue weighted by Gasteiger charge is -2.22. The predicted molar refractivity (Wildman–Crippen MR) is 73.3 cm³/mol. The summed E-state index contributed by atoms with van der Waals surface area (Å²) in [5, 5.41) is 0. The number of fused-ring (bicyclic) bond motifs is 1. The van der Waals surface area contributed by atoms with Crippen molar-refractivity contribution in [1.82, 2.24) is 0 Å². The summed E-state index contributed by atoms with van der Waals surface area (Å²) in [5.41, 5.74) is 1.32. The molecule has 1 aliphatic carbocycles. The minimum Gasteiger partial charge on any atom is -0.488 e. The first-order valence-corrected chi connectivity index (χ1v) is 6.90. The number of esters is 1. The van der Waals surface area contributed by atoms with Gasteiger partial charge in [0.25, 0.3) is 0 Å². The van der Waals surface area contributed by atoms with Crippen molar-refractivity contribution in [2.45, 2.75) is 31.8 Å². The molecule has 4 heteroatoms. The van der Waals surface area contributed by atoms with E-state index in [0.29, 0.717) is 18.4 Å². The van der Waals surface area contributed by atoms with E-state index in [4.69, 9.17) is 9.47 Å². The van der Waals surface area contributed by atoms with E-state index in [1.165, 1.54) is 0 Å². The Morgan fingerprint density at radius 3 is 2.95 bits per heavy atom. The third-order valence-corrected chi connectivity index (χ3v) is 3.64. The van der Waals surface area contributed by atoms with E-state index in [2.05, 4.69) is 0 Å². The highest BCUT2D eigenvalue weighted by Crippen LogP contribution is 2.27. The van der Waals surface area contributed by atoms with E-state index >= 15 is 0 Å². The Balaban J connectivity index is 1.72. The largest absolute Gasteiger partial charge is 0.488 e. The molecular weight excluding hydrogens is 256 g/mol. The second-order valence-electron chi connectivity index (χ2n) is 5.10. The summed E-state index contributed by atoms with van der Waals surface area (Å²) in [6.45, 7) is 0.191. The molecule has 2 aliphatic rings. The van der Waals surface area contributed by atoms with Gasteiger partial charge in [-0.3, -0.25) is 4.79 Å². The van der Waals surface area contributed by atoms with Crippen LogP contribution in [0.15, 0.2) is 29.8 Å². The van der Waals surface area contributed by atoms with Gasteiger partial charge in [0, 0.05) is 12.0 Å². The first-order valence-electron chi connectivity index (χ1n) is 6.90. The number of benzene rings is 1. The Hall–Kier alpha value is -2.10. The van der Waals surface area contributed by atoms with Crippen LogP contribution in [-0.4, -0.2) is 24.5 Å². The van der Waals surface area contributed by atoms with E-state index in [1.54, 1.807) is 6.08 Å². The number of hydrogen-bond donors (Lipinski definition) is 0. The molecule has 20 heavy (non-hydrogen) atoms. The molecule has 3 rings (SSSR count). The first kappa shape index (κ1) is 12.9. The number of rotatable bonds is 2. The predicted octanol–water partition coefficient (Wildman–Crippen LogP) is 2.52. The molecule has 1 atom stereocenters. The number of ether oxygens (including phenoxy) is 2. The highest BCUT2D eigenvalue weighted by atomic mass is 16.6. The molecule has 0 unspecified atom stereocenters. The van der Waals surface area contributed by atoms with E-state index in [0.717, 1.165) is 24.2 Å². The molecule has 1 aromatic carbocycles. The van der Waals surface area contributed by atoms with Crippen LogP contribution in [0.4, 0.5) is 0 Å². The summed E-state index contributed by atoms with van der Waals surface area (Å²) in [7, 11) is 0. The Labute approximate surface area is 117 Å². The quantitative estimate of drug-likeness (QED) is 0.776. The van der Waals surface area contributed by atoms with Crippen molar-refractivity contribution in [2.75, 3.05) is 6.61 Å². The van der Waals surface area contributed by atoms with Crippen molar-refractivity contribution in [2.24, 2.45) is 0 Å². The van der Waals surface area contributed by atoms with Gasteiger partial charge in [-0.15, -0.1) is 0 Å². The van der Waals surface area contributed by atoms with Gasteiger partial charge in [-0.25, -0.2) is 4.79 Å². The van der Waals surface area contributed by atoms with Crippen LogP contribution in [-0.2, 0) is 14.3 Å².